The van der Waals surface area contributed by atoms with Crippen LogP contribution in [0.4, 0.5) is 0 Å². The summed E-state index contributed by atoms with van der Waals surface area (Å²) in [5.41, 5.74) is 0. The lowest BCUT2D eigenvalue weighted by molar-refractivity contribution is 0.453. The quantitative estimate of drug-likeness (QED) is 0.637. The third-order valence-corrected chi connectivity index (χ3v) is 2.30. The fraction of sp³-hybridized carbons (Fsp3) is 0.556. The summed E-state index contributed by atoms with van der Waals surface area (Å²) in [6.45, 7) is 2.15. The van der Waals surface area contributed by atoms with E-state index in [1.807, 2.05) is 12.1 Å². The van der Waals surface area contributed by atoms with Crippen LogP contribution in [-0.2, 0) is 6.42 Å². The highest BCUT2D eigenvalue weighted by molar-refractivity contribution is 6.18. The number of furan rings is 1. The lowest BCUT2D eigenvalue weighted by Crippen LogP contribution is -2.03. The molecule has 11 heavy (non-hydrogen) atoms. The van der Waals surface area contributed by atoms with E-state index in [9.17, 15) is 0 Å². The molecule has 0 bridgehead atoms. The fourth-order valence-corrected chi connectivity index (χ4v) is 1.35. The molecule has 0 radical (unpaired) electrons. The molecule has 1 rings (SSSR count). The molecular formula is C9H13ClO. The third kappa shape index (κ3) is 2.58. The lowest BCUT2D eigenvalue weighted by Gasteiger charge is -2.07. The van der Waals surface area contributed by atoms with E-state index in [0.717, 1.165) is 24.5 Å². The number of halogens is 1. The molecule has 0 saturated heterocycles. The van der Waals surface area contributed by atoms with Crippen molar-refractivity contribution in [2.75, 3.05) is 5.88 Å². The van der Waals surface area contributed by atoms with Crippen molar-refractivity contribution in [3.05, 3.63) is 24.2 Å². The Kier molecular flexibility index (Phi) is 3.50. The lowest BCUT2D eigenvalue weighted by atomic mass is 10.0. The largest absolute Gasteiger partial charge is 0.469 e. The molecule has 1 nitrogen and oxygen atoms in total. The molecule has 0 N–H and O–H groups in total. The van der Waals surface area contributed by atoms with Gasteiger partial charge in [0, 0.05) is 12.3 Å². The molecule has 2 heteroatoms. The first-order valence-electron chi connectivity index (χ1n) is 3.95. The van der Waals surface area contributed by atoms with Crippen LogP contribution in [-0.4, -0.2) is 5.88 Å². The molecule has 0 amide bonds. The summed E-state index contributed by atoms with van der Waals surface area (Å²) >= 11 is 5.74. The summed E-state index contributed by atoms with van der Waals surface area (Å²) in [4.78, 5) is 0. The molecule has 1 atom stereocenters. The van der Waals surface area contributed by atoms with Gasteiger partial charge in [-0.15, -0.1) is 11.6 Å². The summed E-state index contributed by atoms with van der Waals surface area (Å²) in [7, 11) is 0. The minimum atomic E-state index is 0.558. The van der Waals surface area contributed by atoms with Crippen molar-refractivity contribution >= 4 is 11.6 Å². The molecule has 0 aromatic carbocycles. The van der Waals surface area contributed by atoms with Crippen LogP contribution in [0.3, 0.4) is 0 Å². The SMILES string of the molecule is CCC(CCl)Cc1ccco1. The van der Waals surface area contributed by atoms with Crippen LogP contribution in [0.2, 0.25) is 0 Å². The van der Waals surface area contributed by atoms with Gasteiger partial charge in [0.05, 0.1) is 6.26 Å². The zero-order valence-corrected chi connectivity index (χ0v) is 7.47. The van der Waals surface area contributed by atoms with Crippen LogP contribution in [0.1, 0.15) is 19.1 Å². The molecule has 0 fully saturated rings. The van der Waals surface area contributed by atoms with Crippen molar-refractivity contribution < 1.29 is 4.42 Å². The van der Waals surface area contributed by atoms with E-state index in [2.05, 4.69) is 6.92 Å². The van der Waals surface area contributed by atoms with E-state index < -0.39 is 0 Å². The second kappa shape index (κ2) is 4.45. The first kappa shape index (κ1) is 8.66. The highest BCUT2D eigenvalue weighted by atomic mass is 35.5. The second-order valence-electron chi connectivity index (χ2n) is 2.71. The molecule has 0 saturated carbocycles. The molecule has 0 aliphatic heterocycles. The molecular weight excluding hydrogens is 160 g/mol. The van der Waals surface area contributed by atoms with Crippen molar-refractivity contribution in [2.45, 2.75) is 19.8 Å². The van der Waals surface area contributed by atoms with Gasteiger partial charge < -0.3 is 4.42 Å². The summed E-state index contributed by atoms with van der Waals surface area (Å²) in [5.74, 6) is 2.32. The second-order valence-corrected chi connectivity index (χ2v) is 3.02. The van der Waals surface area contributed by atoms with Gasteiger partial charge >= 0.3 is 0 Å². The van der Waals surface area contributed by atoms with E-state index in [1.54, 1.807) is 6.26 Å². The minimum Gasteiger partial charge on any atom is -0.469 e. The van der Waals surface area contributed by atoms with Crippen LogP contribution in [0.15, 0.2) is 22.8 Å². The van der Waals surface area contributed by atoms with Crippen molar-refractivity contribution in [1.29, 1.82) is 0 Å². The maximum atomic E-state index is 5.74. The fourth-order valence-electron chi connectivity index (χ4n) is 1.02. The van der Waals surface area contributed by atoms with Crippen LogP contribution >= 0.6 is 11.6 Å². The summed E-state index contributed by atoms with van der Waals surface area (Å²) in [5, 5.41) is 0. The van der Waals surface area contributed by atoms with Crippen LogP contribution in [0.25, 0.3) is 0 Å². The van der Waals surface area contributed by atoms with E-state index in [1.165, 1.54) is 0 Å². The van der Waals surface area contributed by atoms with E-state index in [-0.39, 0.29) is 0 Å². The molecule has 1 aromatic rings. The average Bonchev–Trinajstić information content (AvgIpc) is 2.52. The third-order valence-electron chi connectivity index (χ3n) is 1.87. The first-order chi connectivity index (χ1) is 5.36. The Morgan fingerprint density at radius 1 is 1.64 bits per heavy atom. The molecule has 62 valence electrons. The molecule has 1 unspecified atom stereocenters. The Bertz CT molecular complexity index is 177. The Labute approximate surface area is 72.4 Å². The van der Waals surface area contributed by atoms with Gasteiger partial charge in [0.1, 0.15) is 5.76 Å². The molecule has 0 aliphatic carbocycles. The highest BCUT2D eigenvalue weighted by Crippen LogP contribution is 2.13. The first-order valence-corrected chi connectivity index (χ1v) is 4.48. The monoisotopic (exact) mass is 172 g/mol. The van der Waals surface area contributed by atoms with Gasteiger partial charge in [-0.25, -0.2) is 0 Å². The molecule has 0 aliphatic rings. The number of rotatable bonds is 4. The van der Waals surface area contributed by atoms with Crippen molar-refractivity contribution in [2.24, 2.45) is 5.92 Å². The van der Waals surface area contributed by atoms with Gasteiger partial charge in [-0.2, -0.15) is 0 Å². The predicted octanol–water partition coefficient (Wildman–Crippen LogP) is 3.09. The summed E-state index contributed by atoms with van der Waals surface area (Å²) in [6, 6.07) is 3.91. The molecule has 1 heterocycles. The van der Waals surface area contributed by atoms with Crippen molar-refractivity contribution in [1.82, 2.24) is 0 Å². The standard InChI is InChI=1S/C9H13ClO/c1-2-8(7-10)6-9-4-3-5-11-9/h3-5,8H,2,6-7H2,1H3. The maximum absolute atomic E-state index is 5.74. The number of hydrogen-bond donors (Lipinski definition) is 0. The van der Waals surface area contributed by atoms with Gasteiger partial charge in [-0.3, -0.25) is 0 Å². The predicted molar refractivity (Wildman–Crippen MR) is 46.9 cm³/mol. The van der Waals surface area contributed by atoms with Gasteiger partial charge in [0.25, 0.3) is 0 Å². The number of hydrogen-bond acceptors (Lipinski definition) is 1. The van der Waals surface area contributed by atoms with E-state index in [0.29, 0.717) is 5.92 Å². The Hall–Kier alpha value is -0.430. The maximum Gasteiger partial charge on any atom is 0.104 e. The van der Waals surface area contributed by atoms with Crippen LogP contribution < -0.4 is 0 Å². The molecule has 1 aromatic heterocycles. The van der Waals surface area contributed by atoms with Gasteiger partial charge in [0.2, 0.25) is 0 Å². The van der Waals surface area contributed by atoms with Crippen LogP contribution in [0, 0.1) is 5.92 Å². The smallest absolute Gasteiger partial charge is 0.104 e. The summed E-state index contributed by atoms with van der Waals surface area (Å²) in [6.07, 6.45) is 3.79. The highest BCUT2D eigenvalue weighted by Gasteiger charge is 2.06. The summed E-state index contributed by atoms with van der Waals surface area (Å²) < 4.78 is 5.21. The Balaban J connectivity index is 2.41. The van der Waals surface area contributed by atoms with Crippen LogP contribution in [0.5, 0.6) is 0 Å². The average molecular weight is 173 g/mol. The van der Waals surface area contributed by atoms with E-state index in [4.69, 9.17) is 16.0 Å². The minimum absolute atomic E-state index is 0.558. The Morgan fingerprint density at radius 2 is 2.45 bits per heavy atom. The van der Waals surface area contributed by atoms with Crippen molar-refractivity contribution in [3.63, 3.8) is 0 Å². The van der Waals surface area contributed by atoms with Gasteiger partial charge in [0.15, 0.2) is 0 Å². The van der Waals surface area contributed by atoms with E-state index >= 15 is 0 Å². The zero-order valence-electron chi connectivity index (χ0n) is 6.72. The number of alkyl halides is 1. The van der Waals surface area contributed by atoms with Gasteiger partial charge in [-0.1, -0.05) is 13.3 Å². The van der Waals surface area contributed by atoms with Crippen molar-refractivity contribution in [3.8, 4) is 0 Å². The zero-order chi connectivity index (χ0) is 8.10. The topological polar surface area (TPSA) is 13.1 Å². The molecule has 0 spiro atoms. The normalized spacial score (nSPS) is 13.3. The Morgan fingerprint density at radius 3 is 2.91 bits per heavy atom. The van der Waals surface area contributed by atoms with Gasteiger partial charge in [-0.05, 0) is 18.1 Å².